The lowest BCUT2D eigenvalue weighted by Gasteiger charge is -2.15. The van der Waals surface area contributed by atoms with Crippen LogP contribution in [0.3, 0.4) is 0 Å². The summed E-state index contributed by atoms with van der Waals surface area (Å²) < 4.78 is 0. The zero-order valence-corrected chi connectivity index (χ0v) is 13.6. The monoisotopic (exact) mass is 323 g/mol. The van der Waals surface area contributed by atoms with Crippen LogP contribution in [-0.4, -0.2) is 41.3 Å². The van der Waals surface area contributed by atoms with E-state index in [0.29, 0.717) is 17.7 Å². The number of nitrogens with zero attached hydrogens (tertiary/aromatic N) is 2. The van der Waals surface area contributed by atoms with Gasteiger partial charge in [0, 0.05) is 32.0 Å². The minimum Gasteiger partial charge on any atom is -0.352 e. The number of hydrogen-bond acceptors (Lipinski definition) is 3. The van der Waals surface area contributed by atoms with Gasteiger partial charge in [-0.2, -0.15) is 0 Å². The van der Waals surface area contributed by atoms with Crippen LogP contribution in [0.1, 0.15) is 39.1 Å². The molecule has 3 rings (SSSR count). The Morgan fingerprint density at radius 2 is 1.75 bits per heavy atom. The normalized spacial score (nSPS) is 13.8. The van der Waals surface area contributed by atoms with Crippen molar-refractivity contribution in [2.24, 2.45) is 0 Å². The third kappa shape index (κ3) is 3.98. The third-order valence-electron chi connectivity index (χ3n) is 4.18. The summed E-state index contributed by atoms with van der Waals surface area (Å²) >= 11 is 0. The minimum absolute atomic E-state index is 0.0427. The molecule has 0 spiro atoms. The molecule has 0 unspecified atom stereocenters. The molecule has 0 bridgehead atoms. The average Bonchev–Trinajstić information content (AvgIpc) is 3.16. The molecular formula is C19H21N3O2. The predicted molar refractivity (Wildman–Crippen MR) is 91.9 cm³/mol. The maximum Gasteiger partial charge on any atom is 0.255 e. The fraction of sp³-hybridized carbons (Fsp3) is 0.316. The predicted octanol–water partition coefficient (Wildman–Crippen LogP) is 2.29. The number of rotatable bonds is 5. The smallest absolute Gasteiger partial charge is 0.255 e. The quantitative estimate of drug-likeness (QED) is 0.918. The first-order chi connectivity index (χ1) is 11.7. The van der Waals surface area contributed by atoms with Crippen LogP contribution >= 0.6 is 0 Å². The first-order valence-corrected chi connectivity index (χ1v) is 8.30. The Kier molecular flexibility index (Phi) is 5.21. The number of nitrogens with one attached hydrogen (secondary N) is 1. The number of hydrogen-bond donors (Lipinski definition) is 1. The van der Waals surface area contributed by atoms with E-state index in [1.165, 1.54) is 18.0 Å². The van der Waals surface area contributed by atoms with Crippen LogP contribution in [0.2, 0.25) is 0 Å². The molecular weight excluding hydrogens is 302 g/mol. The van der Waals surface area contributed by atoms with Gasteiger partial charge in [0.2, 0.25) is 0 Å². The molecule has 124 valence electrons. The van der Waals surface area contributed by atoms with E-state index in [1.54, 1.807) is 6.07 Å². The van der Waals surface area contributed by atoms with Gasteiger partial charge < -0.3 is 10.2 Å². The van der Waals surface area contributed by atoms with Crippen LogP contribution in [0.5, 0.6) is 0 Å². The van der Waals surface area contributed by atoms with E-state index in [1.807, 2.05) is 35.2 Å². The third-order valence-corrected chi connectivity index (χ3v) is 4.18. The Morgan fingerprint density at radius 1 is 1.04 bits per heavy atom. The number of amides is 2. The Morgan fingerprint density at radius 3 is 2.50 bits per heavy atom. The SMILES string of the molecule is O=C(NCCc1ccccc1)c1cncc(C(=O)N2CCCC2)c1. The number of aromatic nitrogens is 1. The zero-order chi connectivity index (χ0) is 16.8. The van der Waals surface area contributed by atoms with E-state index in [-0.39, 0.29) is 11.8 Å². The molecule has 2 amide bonds. The highest BCUT2D eigenvalue weighted by atomic mass is 16.2. The molecule has 2 heterocycles. The lowest BCUT2D eigenvalue weighted by Crippen LogP contribution is -2.29. The highest BCUT2D eigenvalue weighted by molar-refractivity contribution is 5.99. The molecule has 2 aromatic rings. The maximum atomic E-state index is 12.4. The summed E-state index contributed by atoms with van der Waals surface area (Å²) in [5.41, 5.74) is 2.08. The summed E-state index contributed by atoms with van der Waals surface area (Å²) in [7, 11) is 0. The molecule has 24 heavy (non-hydrogen) atoms. The molecule has 1 aliphatic rings. The van der Waals surface area contributed by atoms with Gasteiger partial charge in [0.25, 0.3) is 11.8 Å². The van der Waals surface area contributed by atoms with E-state index in [0.717, 1.165) is 32.4 Å². The second kappa shape index (κ2) is 7.73. The molecule has 1 N–H and O–H groups in total. The van der Waals surface area contributed by atoms with Gasteiger partial charge in [-0.1, -0.05) is 30.3 Å². The fourth-order valence-electron chi connectivity index (χ4n) is 2.85. The van der Waals surface area contributed by atoms with Crippen LogP contribution in [0, 0.1) is 0 Å². The zero-order valence-electron chi connectivity index (χ0n) is 13.6. The first-order valence-electron chi connectivity index (χ1n) is 8.30. The summed E-state index contributed by atoms with van der Waals surface area (Å²) in [6.45, 7) is 2.12. The van der Waals surface area contributed by atoms with E-state index in [2.05, 4.69) is 10.3 Å². The lowest BCUT2D eigenvalue weighted by molar-refractivity contribution is 0.0792. The van der Waals surface area contributed by atoms with Crippen molar-refractivity contribution in [1.82, 2.24) is 15.2 Å². The topological polar surface area (TPSA) is 62.3 Å². The number of carbonyl (C=O) groups excluding carboxylic acids is 2. The summed E-state index contributed by atoms with van der Waals surface area (Å²) in [6.07, 6.45) is 5.88. The van der Waals surface area contributed by atoms with Crippen molar-refractivity contribution < 1.29 is 9.59 Å². The molecule has 1 saturated heterocycles. The molecule has 1 aliphatic heterocycles. The number of pyridine rings is 1. The highest BCUT2D eigenvalue weighted by Gasteiger charge is 2.20. The largest absolute Gasteiger partial charge is 0.352 e. The van der Waals surface area contributed by atoms with Crippen LogP contribution < -0.4 is 5.32 Å². The average molecular weight is 323 g/mol. The maximum absolute atomic E-state index is 12.4. The van der Waals surface area contributed by atoms with E-state index in [4.69, 9.17) is 0 Å². The molecule has 5 heteroatoms. The van der Waals surface area contributed by atoms with Crippen LogP contribution in [0.25, 0.3) is 0 Å². The fourth-order valence-corrected chi connectivity index (χ4v) is 2.85. The van der Waals surface area contributed by atoms with Crippen molar-refractivity contribution in [3.8, 4) is 0 Å². The Bertz CT molecular complexity index is 710. The van der Waals surface area contributed by atoms with Crippen molar-refractivity contribution in [2.75, 3.05) is 19.6 Å². The van der Waals surface area contributed by atoms with Crippen molar-refractivity contribution in [1.29, 1.82) is 0 Å². The van der Waals surface area contributed by atoms with E-state index >= 15 is 0 Å². The first kappa shape index (κ1) is 16.2. The minimum atomic E-state index is -0.200. The molecule has 1 aromatic carbocycles. The van der Waals surface area contributed by atoms with Crippen LogP contribution in [0.4, 0.5) is 0 Å². The number of benzene rings is 1. The lowest BCUT2D eigenvalue weighted by atomic mass is 10.1. The summed E-state index contributed by atoms with van der Waals surface area (Å²) in [5, 5.41) is 2.88. The second-order valence-electron chi connectivity index (χ2n) is 5.95. The van der Waals surface area contributed by atoms with Gasteiger partial charge in [0.1, 0.15) is 0 Å². The van der Waals surface area contributed by atoms with E-state index in [9.17, 15) is 9.59 Å². The summed E-state index contributed by atoms with van der Waals surface area (Å²) in [4.78, 5) is 30.5. The Hall–Kier alpha value is -2.69. The molecule has 1 fully saturated rings. The molecule has 1 aromatic heterocycles. The van der Waals surface area contributed by atoms with Gasteiger partial charge in [-0.25, -0.2) is 0 Å². The van der Waals surface area contributed by atoms with Crippen molar-refractivity contribution >= 4 is 11.8 Å². The standard InChI is InChI=1S/C19H21N3O2/c23-18(21-9-8-15-6-2-1-3-7-15)16-12-17(14-20-13-16)19(24)22-10-4-5-11-22/h1-3,6-7,12-14H,4-5,8-11H2,(H,21,23). The van der Waals surface area contributed by atoms with Gasteiger partial charge in [0.15, 0.2) is 0 Å². The van der Waals surface area contributed by atoms with Gasteiger partial charge >= 0.3 is 0 Å². The highest BCUT2D eigenvalue weighted by Crippen LogP contribution is 2.13. The van der Waals surface area contributed by atoms with Gasteiger partial charge in [-0.15, -0.1) is 0 Å². The van der Waals surface area contributed by atoms with Crippen molar-refractivity contribution in [3.63, 3.8) is 0 Å². The van der Waals surface area contributed by atoms with Gasteiger partial charge in [0.05, 0.1) is 11.1 Å². The van der Waals surface area contributed by atoms with Crippen LogP contribution in [0.15, 0.2) is 48.8 Å². The Labute approximate surface area is 141 Å². The Balaban J connectivity index is 1.58. The summed E-state index contributed by atoms with van der Waals surface area (Å²) in [5.74, 6) is -0.242. The summed E-state index contributed by atoms with van der Waals surface area (Å²) in [6, 6.07) is 11.6. The second-order valence-corrected chi connectivity index (χ2v) is 5.95. The van der Waals surface area contributed by atoms with E-state index < -0.39 is 0 Å². The van der Waals surface area contributed by atoms with Crippen molar-refractivity contribution in [2.45, 2.75) is 19.3 Å². The van der Waals surface area contributed by atoms with Crippen LogP contribution in [-0.2, 0) is 6.42 Å². The number of likely N-dealkylation sites (tertiary alicyclic amines) is 1. The van der Waals surface area contributed by atoms with Gasteiger partial charge in [-0.05, 0) is 30.9 Å². The number of carbonyl (C=O) groups is 2. The molecule has 0 atom stereocenters. The molecule has 0 saturated carbocycles. The van der Waals surface area contributed by atoms with Crippen molar-refractivity contribution in [3.05, 3.63) is 65.5 Å². The molecule has 0 radical (unpaired) electrons. The molecule has 5 nitrogen and oxygen atoms in total. The van der Waals surface area contributed by atoms with Gasteiger partial charge in [-0.3, -0.25) is 14.6 Å². The molecule has 0 aliphatic carbocycles.